The van der Waals surface area contributed by atoms with Crippen molar-refractivity contribution in [1.82, 2.24) is 0 Å². The van der Waals surface area contributed by atoms with Crippen LogP contribution in [0.5, 0.6) is 5.75 Å². The van der Waals surface area contributed by atoms with E-state index >= 15 is 0 Å². The van der Waals surface area contributed by atoms with Gasteiger partial charge < -0.3 is 4.74 Å². The second-order valence-corrected chi connectivity index (χ2v) is 6.33. The van der Waals surface area contributed by atoms with Crippen LogP contribution in [-0.4, -0.2) is 15.5 Å². The minimum absolute atomic E-state index is 0.185. The molecule has 0 saturated carbocycles. The van der Waals surface area contributed by atoms with Crippen LogP contribution >= 0.6 is 11.6 Å². The van der Waals surface area contributed by atoms with E-state index in [0.717, 1.165) is 5.56 Å². The van der Waals surface area contributed by atoms with Crippen molar-refractivity contribution >= 4 is 27.3 Å². The van der Waals surface area contributed by atoms with Crippen molar-refractivity contribution in [3.05, 3.63) is 53.1 Å². The predicted octanol–water partition coefficient (Wildman–Crippen LogP) is 3.46. The third-order valence-corrected chi connectivity index (χ3v) is 4.43. The van der Waals surface area contributed by atoms with Crippen LogP contribution in [0.1, 0.15) is 5.56 Å². The van der Waals surface area contributed by atoms with Gasteiger partial charge in [0.15, 0.2) is 5.75 Å². The van der Waals surface area contributed by atoms with Gasteiger partial charge in [0.1, 0.15) is 0 Å². The highest BCUT2D eigenvalue weighted by Gasteiger charge is 2.17. The molecule has 4 nitrogen and oxygen atoms in total. The summed E-state index contributed by atoms with van der Waals surface area (Å²) in [4.78, 5) is 0.185. The zero-order valence-corrected chi connectivity index (χ0v) is 12.6. The van der Waals surface area contributed by atoms with E-state index in [1.54, 1.807) is 42.5 Å². The van der Waals surface area contributed by atoms with Gasteiger partial charge in [0.05, 0.1) is 22.7 Å². The first kappa shape index (κ1) is 14.7. The maximum Gasteiger partial charge on any atom is 0.262 e. The van der Waals surface area contributed by atoms with Crippen molar-refractivity contribution in [1.29, 1.82) is 0 Å². The standard InChI is InChI=1S/C14H14ClNO3S/c1-10-6-8-11(9-7-10)20(17,18)16-13-5-3-4-12(15)14(13)19-2/h3-9,16H,1-2H3. The zero-order valence-electron chi connectivity index (χ0n) is 11.1. The summed E-state index contributed by atoms with van der Waals surface area (Å²) >= 11 is 5.97. The summed E-state index contributed by atoms with van der Waals surface area (Å²) in [7, 11) is -2.23. The highest BCUT2D eigenvalue weighted by atomic mass is 35.5. The van der Waals surface area contributed by atoms with E-state index in [1.807, 2.05) is 6.92 Å². The Bertz CT molecular complexity index is 712. The molecule has 0 spiro atoms. The number of hydrogen-bond donors (Lipinski definition) is 1. The van der Waals surface area contributed by atoms with Gasteiger partial charge in [-0.05, 0) is 31.2 Å². The lowest BCUT2D eigenvalue weighted by Crippen LogP contribution is -2.13. The maximum atomic E-state index is 12.3. The number of anilines is 1. The molecule has 0 heterocycles. The smallest absolute Gasteiger partial charge is 0.262 e. The van der Waals surface area contributed by atoms with Gasteiger partial charge in [-0.1, -0.05) is 35.4 Å². The largest absolute Gasteiger partial charge is 0.493 e. The molecular formula is C14H14ClNO3S. The van der Waals surface area contributed by atoms with Gasteiger partial charge in [-0.25, -0.2) is 8.42 Å². The lowest BCUT2D eigenvalue weighted by Gasteiger charge is -2.12. The Labute approximate surface area is 123 Å². The Morgan fingerprint density at radius 3 is 2.35 bits per heavy atom. The Morgan fingerprint density at radius 2 is 1.75 bits per heavy atom. The number of aryl methyl sites for hydroxylation is 1. The molecule has 0 aliphatic carbocycles. The third kappa shape index (κ3) is 3.05. The van der Waals surface area contributed by atoms with Crippen molar-refractivity contribution < 1.29 is 13.2 Å². The van der Waals surface area contributed by atoms with Crippen LogP contribution in [-0.2, 0) is 10.0 Å². The average molecular weight is 312 g/mol. The SMILES string of the molecule is COc1c(Cl)cccc1NS(=O)(=O)c1ccc(C)cc1. The van der Waals surface area contributed by atoms with Crippen LogP contribution in [0.3, 0.4) is 0 Å². The van der Waals surface area contributed by atoms with Crippen LogP contribution in [0, 0.1) is 6.92 Å². The molecule has 0 saturated heterocycles. The fourth-order valence-electron chi connectivity index (χ4n) is 1.72. The van der Waals surface area contributed by atoms with E-state index < -0.39 is 10.0 Å². The van der Waals surface area contributed by atoms with E-state index in [2.05, 4.69) is 4.72 Å². The highest BCUT2D eigenvalue weighted by Crippen LogP contribution is 2.33. The van der Waals surface area contributed by atoms with Gasteiger partial charge in [-0.3, -0.25) is 4.72 Å². The van der Waals surface area contributed by atoms with Crippen LogP contribution in [0.15, 0.2) is 47.4 Å². The number of hydrogen-bond acceptors (Lipinski definition) is 3. The lowest BCUT2D eigenvalue weighted by atomic mass is 10.2. The van der Waals surface area contributed by atoms with Gasteiger partial charge in [0, 0.05) is 0 Å². The topological polar surface area (TPSA) is 55.4 Å². The summed E-state index contributed by atoms with van der Waals surface area (Å²) < 4.78 is 32.2. The second-order valence-electron chi connectivity index (χ2n) is 4.24. The van der Waals surface area contributed by atoms with Crippen LogP contribution in [0.4, 0.5) is 5.69 Å². The number of ether oxygens (including phenoxy) is 1. The first-order chi connectivity index (χ1) is 9.44. The number of para-hydroxylation sites is 1. The average Bonchev–Trinajstić information content (AvgIpc) is 2.39. The Balaban J connectivity index is 2.38. The molecule has 6 heteroatoms. The first-order valence-electron chi connectivity index (χ1n) is 5.86. The molecule has 20 heavy (non-hydrogen) atoms. The molecule has 0 unspecified atom stereocenters. The monoisotopic (exact) mass is 311 g/mol. The molecule has 0 aliphatic rings. The number of rotatable bonds is 4. The number of nitrogens with one attached hydrogen (secondary N) is 1. The van der Waals surface area contributed by atoms with Crippen LogP contribution < -0.4 is 9.46 Å². The van der Waals surface area contributed by atoms with E-state index in [-0.39, 0.29) is 4.90 Å². The van der Waals surface area contributed by atoms with E-state index in [0.29, 0.717) is 16.5 Å². The highest BCUT2D eigenvalue weighted by molar-refractivity contribution is 7.92. The lowest BCUT2D eigenvalue weighted by molar-refractivity contribution is 0.417. The summed E-state index contributed by atoms with van der Waals surface area (Å²) in [6.45, 7) is 1.89. The van der Waals surface area contributed by atoms with Gasteiger partial charge in [0.2, 0.25) is 0 Å². The Hall–Kier alpha value is -1.72. The Morgan fingerprint density at radius 1 is 1.10 bits per heavy atom. The quantitative estimate of drug-likeness (QED) is 0.940. The fourth-order valence-corrected chi connectivity index (χ4v) is 3.03. The first-order valence-corrected chi connectivity index (χ1v) is 7.72. The van der Waals surface area contributed by atoms with Crippen molar-refractivity contribution in [3.63, 3.8) is 0 Å². The minimum atomic E-state index is -3.67. The minimum Gasteiger partial charge on any atom is -0.493 e. The van der Waals surface area contributed by atoms with Gasteiger partial charge >= 0.3 is 0 Å². The summed E-state index contributed by atoms with van der Waals surface area (Å²) in [6, 6.07) is 11.5. The summed E-state index contributed by atoms with van der Waals surface area (Å²) in [5, 5.41) is 0.344. The zero-order chi connectivity index (χ0) is 14.8. The molecule has 0 fully saturated rings. The van der Waals surface area contributed by atoms with Crippen molar-refractivity contribution in [2.75, 3.05) is 11.8 Å². The van der Waals surface area contributed by atoms with Crippen molar-refractivity contribution in [2.45, 2.75) is 11.8 Å². The number of halogens is 1. The van der Waals surface area contributed by atoms with Gasteiger partial charge in [0.25, 0.3) is 10.0 Å². The Kier molecular flexibility index (Phi) is 4.20. The molecule has 0 bridgehead atoms. The molecule has 2 aromatic carbocycles. The second kappa shape index (κ2) is 5.73. The molecule has 0 amide bonds. The molecule has 2 aromatic rings. The van der Waals surface area contributed by atoms with E-state index in [4.69, 9.17) is 16.3 Å². The maximum absolute atomic E-state index is 12.3. The predicted molar refractivity (Wildman–Crippen MR) is 80.0 cm³/mol. The number of sulfonamides is 1. The van der Waals surface area contributed by atoms with Gasteiger partial charge in [-0.15, -0.1) is 0 Å². The number of benzene rings is 2. The molecule has 0 aromatic heterocycles. The van der Waals surface area contributed by atoms with E-state index in [1.165, 1.54) is 7.11 Å². The van der Waals surface area contributed by atoms with Crippen molar-refractivity contribution in [3.8, 4) is 5.75 Å². The fraction of sp³-hybridized carbons (Fsp3) is 0.143. The molecular weight excluding hydrogens is 298 g/mol. The summed E-state index contributed by atoms with van der Waals surface area (Å²) in [5.41, 5.74) is 1.30. The van der Waals surface area contributed by atoms with Gasteiger partial charge in [-0.2, -0.15) is 0 Å². The summed E-state index contributed by atoms with van der Waals surface area (Å²) in [5.74, 6) is 0.296. The molecule has 1 N–H and O–H groups in total. The molecule has 0 atom stereocenters. The van der Waals surface area contributed by atoms with E-state index in [9.17, 15) is 8.42 Å². The van der Waals surface area contributed by atoms with Crippen LogP contribution in [0.25, 0.3) is 0 Å². The van der Waals surface area contributed by atoms with Crippen molar-refractivity contribution in [2.24, 2.45) is 0 Å². The normalized spacial score (nSPS) is 11.2. The third-order valence-electron chi connectivity index (χ3n) is 2.75. The molecule has 2 rings (SSSR count). The molecule has 0 aliphatic heterocycles. The van der Waals surface area contributed by atoms with Crippen LogP contribution in [0.2, 0.25) is 5.02 Å². The molecule has 106 valence electrons. The number of methoxy groups -OCH3 is 1. The molecule has 0 radical (unpaired) electrons. The summed E-state index contributed by atoms with van der Waals surface area (Å²) in [6.07, 6.45) is 0.